The molecule has 0 saturated carbocycles. The Hall–Kier alpha value is -2.50. The van der Waals surface area contributed by atoms with E-state index in [9.17, 15) is 0 Å². The quantitative estimate of drug-likeness (QED) is 0.709. The summed E-state index contributed by atoms with van der Waals surface area (Å²) in [6.45, 7) is 2.67. The lowest BCUT2D eigenvalue weighted by Crippen LogP contribution is -2.03. The molecule has 0 saturated heterocycles. The fourth-order valence-corrected chi connectivity index (χ4v) is 1.98. The zero-order chi connectivity index (χ0) is 13.2. The summed E-state index contributed by atoms with van der Waals surface area (Å²) in [6.07, 6.45) is 7.42. The maximum Gasteiger partial charge on any atom is 0.114 e. The minimum absolute atomic E-state index is 0.625. The van der Waals surface area contributed by atoms with Crippen LogP contribution < -0.4 is 0 Å². The molecule has 0 radical (unpaired) electrons. The number of aryl methyl sites for hydroxylation is 2. The molecule has 19 heavy (non-hydrogen) atoms. The standard InChI is InChI=1S/C13H14N6/c1-10-7-18(2)16-12(10)8-19-9-13(15-17-19)11-4-3-5-14-6-11/h3-7,9H,8H2,1-2H3. The van der Waals surface area contributed by atoms with Crippen LogP contribution in [0.3, 0.4) is 0 Å². The SMILES string of the molecule is Cc1cn(C)nc1Cn1cc(-c2cccnc2)nn1. The molecule has 0 spiro atoms. The van der Waals surface area contributed by atoms with E-state index in [0.717, 1.165) is 22.5 Å². The van der Waals surface area contributed by atoms with Gasteiger partial charge in [-0.1, -0.05) is 5.21 Å². The van der Waals surface area contributed by atoms with E-state index in [1.54, 1.807) is 17.1 Å². The lowest BCUT2D eigenvalue weighted by Gasteiger charge is -1.97. The van der Waals surface area contributed by atoms with Gasteiger partial charge in [0.15, 0.2) is 0 Å². The topological polar surface area (TPSA) is 61.4 Å². The Kier molecular flexibility index (Phi) is 2.83. The number of aromatic nitrogens is 6. The van der Waals surface area contributed by atoms with E-state index in [0.29, 0.717) is 6.54 Å². The van der Waals surface area contributed by atoms with Crippen LogP contribution in [-0.2, 0) is 13.6 Å². The Balaban J connectivity index is 1.84. The molecule has 3 rings (SSSR count). The van der Waals surface area contributed by atoms with Gasteiger partial charge in [-0.3, -0.25) is 9.67 Å². The first-order chi connectivity index (χ1) is 9.22. The second kappa shape index (κ2) is 4.64. The van der Waals surface area contributed by atoms with E-state index in [1.807, 2.05) is 43.2 Å². The van der Waals surface area contributed by atoms with Crippen LogP contribution in [0.1, 0.15) is 11.3 Å². The second-order valence-corrected chi connectivity index (χ2v) is 4.48. The van der Waals surface area contributed by atoms with Crippen LogP contribution in [0.5, 0.6) is 0 Å². The summed E-state index contributed by atoms with van der Waals surface area (Å²) in [5.74, 6) is 0. The van der Waals surface area contributed by atoms with Crippen molar-refractivity contribution in [2.24, 2.45) is 7.05 Å². The van der Waals surface area contributed by atoms with Crippen molar-refractivity contribution in [2.45, 2.75) is 13.5 Å². The van der Waals surface area contributed by atoms with Gasteiger partial charge in [-0.25, -0.2) is 4.68 Å². The van der Waals surface area contributed by atoms with Gasteiger partial charge < -0.3 is 0 Å². The van der Waals surface area contributed by atoms with Crippen LogP contribution in [0, 0.1) is 6.92 Å². The van der Waals surface area contributed by atoms with Crippen LogP contribution in [0.25, 0.3) is 11.3 Å². The predicted molar refractivity (Wildman–Crippen MR) is 70.3 cm³/mol. The highest BCUT2D eigenvalue weighted by atomic mass is 15.4. The van der Waals surface area contributed by atoms with Crippen LogP contribution in [-0.4, -0.2) is 29.8 Å². The number of nitrogens with zero attached hydrogens (tertiary/aromatic N) is 6. The molecule has 0 aliphatic rings. The largest absolute Gasteiger partial charge is 0.275 e. The van der Waals surface area contributed by atoms with Crippen LogP contribution in [0.15, 0.2) is 36.9 Å². The molecule has 3 aromatic rings. The van der Waals surface area contributed by atoms with Gasteiger partial charge in [0.2, 0.25) is 0 Å². The molecule has 0 amide bonds. The molecule has 0 N–H and O–H groups in total. The van der Waals surface area contributed by atoms with E-state index >= 15 is 0 Å². The van der Waals surface area contributed by atoms with Crippen molar-refractivity contribution < 1.29 is 0 Å². The summed E-state index contributed by atoms with van der Waals surface area (Å²) in [5.41, 5.74) is 3.94. The van der Waals surface area contributed by atoms with Gasteiger partial charge in [0, 0.05) is 31.2 Å². The normalized spacial score (nSPS) is 10.8. The van der Waals surface area contributed by atoms with Crippen LogP contribution >= 0.6 is 0 Å². The summed E-state index contributed by atoms with van der Waals surface area (Å²) in [4.78, 5) is 4.08. The maximum atomic E-state index is 4.40. The summed E-state index contributed by atoms with van der Waals surface area (Å²) in [5, 5.41) is 12.7. The average molecular weight is 254 g/mol. The Morgan fingerprint density at radius 3 is 2.84 bits per heavy atom. The van der Waals surface area contributed by atoms with Gasteiger partial charge in [0.05, 0.1) is 18.4 Å². The molecule has 0 atom stereocenters. The first kappa shape index (κ1) is 11.6. The fourth-order valence-electron chi connectivity index (χ4n) is 1.98. The number of pyridine rings is 1. The molecule has 6 heteroatoms. The van der Waals surface area contributed by atoms with E-state index in [-0.39, 0.29) is 0 Å². The minimum atomic E-state index is 0.625. The summed E-state index contributed by atoms with van der Waals surface area (Å²) in [7, 11) is 1.92. The van der Waals surface area contributed by atoms with E-state index in [1.165, 1.54) is 0 Å². The second-order valence-electron chi connectivity index (χ2n) is 4.48. The van der Waals surface area contributed by atoms with Crippen LogP contribution in [0.2, 0.25) is 0 Å². The predicted octanol–water partition coefficient (Wildman–Crippen LogP) is 1.43. The van der Waals surface area contributed by atoms with Gasteiger partial charge in [0.1, 0.15) is 5.69 Å². The zero-order valence-electron chi connectivity index (χ0n) is 10.9. The van der Waals surface area contributed by atoms with Gasteiger partial charge in [-0.2, -0.15) is 5.10 Å². The van der Waals surface area contributed by atoms with E-state index in [4.69, 9.17) is 0 Å². The summed E-state index contributed by atoms with van der Waals surface area (Å²) >= 11 is 0. The van der Waals surface area contributed by atoms with Crippen LogP contribution in [0.4, 0.5) is 0 Å². The van der Waals surface area contributed by atoms with Crippen molar-refractivity contribution in [3.8, 4) is 11.3 Å². The van der Waals surface area contributed by atoms with E-state index in [2.05, 4.69) is 20.4 Å². The third-order valence-corrected chi connectivity index (χ3v) is 2.92. The lowest BCUT2D eigenvalue weighted by molar-refractivity contribution is 0.623. The molecule has 3 heterocycles. The Morgan fingerprint density at radius 2 is 2.16 bits per heavy atom. The minimum Gasteiger partial charge on any atom is -0.275 e. The number of hydrogen-bond donors (Lipinski definition) is 0. The maximum absolute atomic E-state index is 4.40. The molecule has 0 fully saturated rings. The Labute approximate surface area is 110 Å². The van der Waals surface area contributed by atoms with Crippen molar-refractivity contribution in [1.29, 1.82) is 0 Å². The highest BCUT2D eigenvalue weighted by Gasteiger charge is 2.07. The van der Waals surface area contributed by atoms with Crippen molar-refractivity contribution >= 4 is 0 Å². The summed E-state index contributed by atoms with van der Waals surface area (Å²) < 4.78 is 3.60. The Bertz CT molecular complexity index is 682. The van der Waals surface area contributed by atoms with Crippen molar-refractivity contribution in [3.63, 3.8) is 0 Å². The first-order valence-corrected chi connectivity index (χ1v) is 6.02. The zero-order valence-corrected chi connectivity index (χ0v) is 10.9. The molecule has 0 unspecified atom stereocenters. The average Bonchev–Trinajstić information content (AvgIpc) is 2.99. The Morgan fingerprint density at radius 1 is 1.26 bits per heavy atom. The monoisotopic (exact) mass is 254 g/mol. The molecular formula is C13H14N6. The molecule has 96 valence electrons. The van der Waals surface area contributed by atoms with Gasteiger partial charge in [-0.05, 0) is 24.6 Å². The molecule has 0 aliphatic carbocycles. The molecule has 0 aromatic carbocycles. The summed E-state index contributed by atoms with van der Waals surface area (Å²) in [6, 6.07) is 3.85. The molecule has 0 bridgehead atoms. The molecule has 3 aromatic heterocycles. The van der Waals surface area contributed by atoms with E-state index < -0.39 is 0 Å². The van der Waals surface area contributed by atoms with Crippen molar-refractivity contribution in [1.82, 2.24) is 29.8 Å². The molecular weight excluding hydrogens is 240 g/mol. The highest BCUT2D eigenvalue weighted by Crippen LogP contribution is 2.14. The number of hydrogen-bond acceptors (Lipinski definition) is 4. The van der Waals surface area contributed by atoms with Crippen molar-refractivity contribution in [2.75, 3.05) is 0 Å². The van der Waals surface area contributed by atoms with Crippen molar-refractivity contribution in [3.05, 3.63) is 48.2 Å². The third kappa shape index (κ3) is 2.37. The van der Waals surface area contributed by atoms with Gasteiger partial charge >= 0.3 is 0 Å². The fraction of sp³-hybridized carbons (Fsp3) is 0.231. The number of rotatable bonds is 3. The smallest absolute Gasteiger partial charge is 0.114 e. The first-order valence-electron chi connectivity index (χ1n) is 6.02. The van der Waals surface area contributed by atoms with Gasteiger partial charge in [0.25, 0.3) is 0 Å². The third-order valence-electron chi connectivity index (χ3n) is 2.92. The van der Waals surface area contributed by atoms with Gasteiger partial charge in [-0.15, -0.1) is 5.10 Å². The molecule has 6 nitrogen and oxygen atoms in total. The highest BCUT2D eigenvalue weighted by molar-refractivity contribution is 5.55. The molecule has 0 aliphatic heterocycles. The lowest BCUT2D eigenvalue weighted by atomic mass is 10.2.